The molecule has 0 saturated heterocycles. The number of carboxylic acids is 1. The van der Waals surface area contributed by atoms with E-state index in [4.69, 9.17) is 26.0 Å². The lowest BCUT2D eigenvalue weighted by Gasteiger charge is -2.15. The number of nitrogens with one attached hydrogen (secondary N) is 1. The molecule has 0 aliphatic heterocycles. The van der Waals surface area contributed by atoms with Crippen LogP contribution in [-0.2, 0) is 16.0 Å². The molecule has 1 aromatic heterocycles. The molecule has 4 rings (SSSR count). The minimum atomic E-state index is -0.864. The van der Waals surface area contributed by atoms with Crippen molar-refractivity contribution in [3.8, 4) is 22.4 Å². The molecule has 1 heterocycles. The Bertz CT molecular complexity index is 1350. The summed E-state index contributed by atoms with van der Waals surface area (Å²) in [5, 5.41) is 16.3. The van der Waals surface area contributed by atoms with E-state index in [9.17, 15) is 9.59 Å². The molecule has 0 radical (unpaired) electrons. The van der Waals surface area contributed by atoms with E-state index in [1.165, 1.54) is 0 Å². The number of hydrogen-bond donors (Lipinski definition) is 2. The molecule has 3 aromatic carbocycles. The van der Waals surface area contributed by atoms with Gasteiger partial charge in [0, 0.05) is 16.1 Å². The quantitative estimate of drug-likeness (QED) is 0.292. The molecule has 0 fully saturated rings. The van der Waals surface area contributed by atoms with Gasteiger partial charge >= 0.3 is 12.1 Å². The first-order valence-electron chi connectivity index (χ1n) is 10.9. The predicted molar refractivity (Wildman–Crippen MR) is 133 cm³/mol. The monoisotopic (exact) mass is 490 g/mol. The van der Waals surface area contributed by atoms with Crippen LogP contribution in [0.15, 0.2) is 77.3 Å². The van der Waals surface area contributed by atoms with Crippen LogP contribution in [0.5, 0.6) is 0 Å². The number of anilines is 1. The van der Waals surface area contributed by atoms with Crippen LogP contribution in [0.4, 0.5) is 10.5 Å². The highest BCUT2D eigenvalue weighted by molar-refractivity contribution is 6.31. The second-order valence-electron chi connectivity index (χ2n) is 8.00. The number of aromatic nitrogens is 1. The van der Waals surface area contributed by atoms with Gasteiger partial charge < -0.3 is 14.4 Å². The molecule has 8 heteroatoms. The van der Waals surface area contributed by atoms with Crippen molar-refractivity contribution in [1.29, 1.82) is 0 Å². The van der Waals surface area contributed by atoms with Gasteiger partial charge in [0.25, 0.3) is 0 Å². The van der Waals surface area contributed by atoms with Crippen LogP contribution in [0.2, 0.25) is 5.02 Å². The maximum atomic E-state index is 12.6. The third-order valence-corrected chi connectivity index (χ3v) is 5.86. The molecule has 0 spiro atoms. The van der Waals surface area contributed by atoms with Crippen molar-refractivity contribution in [2.75, 3.05) is 5.32 Å². The summed E-state index contributed by atoms with van der Waals surface area (Å²) >= 11 is 6.20. The number of rotatable bonds is 7. The highest BCUT2D eigenvalue weighted by Gasteiger charge is 2.20. The van der Waals surface area contributed by atoms with Gasteiger partial charge in [-0.05, 0) is 36.6 Å². The Hall–Kier alpha value is -4.10. The Labute approximate surface area is 207 Å². The van der Waals surface area contributed by atoms with Crippen LogP contribution in [0.1, 0.15) is 29.9 Å². The van der Waals surface area contributed by atoms with Crippen LogP contribution in [0, 0.1) is 6.92 Å². The Morgan fingerprint density at radius 3 is 2.23 bits per heavy atom. The number of amides is 1. The topological polar surface area (TPSA) is 102 Å². The van der Waals surface area contributed by atoms with Gasteiger partial charge in [0.05, 0.1) is 6.42 Å². The highest BCUT2D eigenvalue weighted by Crippen LogP contribution is 2.33. The molecule has 1 amide bonds. The van der Waals surface area contributed by atoms with Gasteiger partial charge in [0.1, 0.15) is 17.5 Å². The van der Waals surface area contributed by atoms with E-state index in [1.54, 1.807) is 38.1 Å². The summed E-state index contributed by atoms with van der Waals surface area (Å²) in [5.41, 5.74) is 5.01. The van der Waals surface area contributed by atoms with Crippen molar-refractivity contribution >= 4 is 29.4 Å². The van der Waals surface area contributed by atoms with Gasteiger partial charge in [-0.2, -0.15) is 0 Å². The number of nitrogens with zero attached hydrogens (tertiary/aromatic N) is 1. The van der Waals surface area contributed by atoms with Gasteiger partial charge in [0.2, 0.25) is 0 Å². The van der Waals surface area contributed by atoms with Crippen molar-refractivity contribution in [2.24, 2.45) is 0 Å². The minimum absolute atomic E-state index is 0.0138. The average Bonchev–Trinajstić information content (AvgIpc) is 3.19. The van der Waals surface area contributed by atoms with E-state index in [0.717, 1.165) is 22.3 Å². The highest BCUT2D eigenvalue weighted by atomic mass is 35.5. The number of hydrogen-bond acceptors (Lipinski definition) is 5. The molecule has 4 aromatic rings. The summed E-state index contributed by atoms with van der Waals surface area (Å²) in [5.74, 6) is -0.419. The second-order valence-corrected chi connectivity index (χ2v) is 8.41. The summed E-state index contributed by atoms with van der Waals surface area (Å²) in [7, 11) is 0. The SMILES string of the molecule is Cc1onc(-c2ccc(-c3ccc(CC(=O)O)cc3)cc2)c1NC(=O)OC(C)c1ccccc1Cl. The third kappa shape index (κ3) is 5.70. The molecular formula is C27H23ClN2O5. The van der Waals surface area contributed by atoms with Crippen LogP contribution in [-0.4, -0.2) is 22.3 Å². The lowest BCUT2D eigenvalue weighted by Crippen LogP contribution is -2.17. The molecule has 2 N–H and O–H groups in total. The number of ether oxygens (including phenoxy) is 1. The number of carbonyl (C=O) groups is 2. The first-order chi connectivity index (χ1) is 16.8. The van der Waals surface area contributed by atoms with Gasteiger partial charge in [-0.25, -0.2) is 4.79 Å². The molecular weight excluding hydrogens is 468 g/mol. The van der Waals surface area contributed by atoms with Gasteiger partial charge in [-0.3, -0.25) is 10.1 Å². The van der Waals surface area contributed by atoms with Crippen LogP contribution in [0.25, 0.3) is 22.4 Å². The number of aliphatic carboxylic acids is 1. The molecule has 178 valence electrons. The fraction of sp³-hybridized carbons (Fsp3) is 0.148. The number of halogens is 1. The van der Waals surface area contributed by atoms with E-state index >= 15 is 0 Å². The predicted octanol–water partition coefficient (Wildman–Crippen LogP) is 6.91. The lowest BCUT2D eigenvalue weighted by atomic mass is 10.0. The molecule has 35 heavy (non-hydrogen) atoms. The Morgan fingerprint density at radius 1 is 1.00 bits per heavy atom. The zero-order valence-electron chi connectivity index (χ0n) is 19.1. The fourth-order valence-electron chi connectivity index (χ4n) is 3.69. The Kier molecular flexibility index (Phi) is 7.17. The average molecular weight is 491 g/mol. The number of aryl methyl sites for hydroxylation is 1. The standard InChI is InChI=1S/C27H23ClN2O5/c1-16(22-5-3-4-6-23(22)28)34-27(33)29-25-17(2)35-30-26(25)21-13-11-20(12-14-21)19-9-7-18(8-10-19)15-24(31)32/h3-14,16H,15H2,1-2H3,(H,29,33)(H,31,32). The summed E-state index contributed by atoms with van der Waals surface area (Å²) in [6.45, 7) is 3.45. The number of carboxylic acid groups (broad SMARTS) is 1. The smallest absolute Gasteiger partial charge is 0.412 e. The fourth-order valence-corrected chi connectivity index (χ4v) is 3.98. The van der Waals surface area contributed by atoms with Crippen LogP contribution in [0.3, 0.4) is 0 Å². The maximum absolute atomic E-state index is 12.6. The van der Waals surface area contributed by atoms with E-state index < -0.39 is 18.2 Å². The van der Waals surface area contributed by atoms with Crippen molar-refractivity contribution in [3.63, 3.8) is 0 Å². The normalized spacial score (nSPS) is 11.6. The Balaban J connectivity index is 1.48. The summed E-state index contributed by atoms with van der Waals surface area (Å²) in [6.07, 6.45) is -1.21. The largest absolute Gasteiger partial charge is 0.481 e. The van der Waals surface area contributed by atoms with Crippen molar-refractivity contribution < 1.29 is 24.0 Å². The van der Waals surface area contributed by atoms with Crippen molar-refractivity contribution in [3.05, 3.63) is 94.7 Å². The van der Waals surface area contributed by atoms with E-state index in [2.05, 4.69) is 10.5 Å². The van der Waals surface area contributed by atoms with Gasteiger partial charge in [-0.15, -0.1) is 0 Å². The van der Waals surface area contributed by atoms with Gasteiger partial charge in [0.15, 0.2) is 5.76 Å². The first-order valence-corrected chi connectivity index (χ1v) is 11.3. The molecule has 0 aliphatic carbocycles. The van der Waals surface area contributed by atoms with E-state index in [1.807, 2.05) is 48.5 Å². The molecule has 7 nitrogen and oxygen atoms in total. The minimum Gasteiger partial charge on any atom is -0.481 e. The lowest BCUT2D eigenvalue weighted by molar-refractivity contribution is -0.136. The first kappa shape index (κ1) is 24.0. The molecule has 1 unspecified atom stereocenters. The summed E-state index contributed by atoms with van der Waals surface area (Å²) < 4.78 is 10.8. The molecule has 1 atom stereocenters. The van der Waals surface area contributed by atoms with Gasteiger partial charge in [-0.1, -0.05) is 83.5 Å². The molecule has 0 bridgehead atoms. The van der Waals surface area contributed by atoms with Crippen LogP contribution < -0.4 is 5.32 Å². The molecule has 0 aliphatic rings. The van der Waals surface area contributed by atoms with Crippen molar-refractivity contribution in [2.45, 2.75) is 26.4 Å². The van der Waals surface area contributed by atoms with E-state index in [0.29, 0.717) is 27.7 Å². The summed E-state index contributed by atoms with van der Waals surface area (Å²) in [6, 6.07) is 22.2. The zero-order valence-corrected chi connectivity index (χ0v) is 19.9. The summed E-state index contributed by atoms with van der Waals surface area (Å²) in [4.78, 5) is 23.5. The number of carbonyl (C=O) groups excluding carboxylic acids is 1. The molecule has 0 saturated carbocycles. The van der Waals surface area contributed by atoms with E-state index in [-0.39, 0.29) is 6.42 Å². The van der Waals surface area contributed by atoms with Crippen molar-refractivity contribution in [1.82, 2.24) is 5.16 Å². The maximum Gasteiger partial charge on any atom is 0.412 e. The zero-order chi connectivity index (χ0) is 24.9. The Morgan fingerprint density at radius 2 is 1.60 bits per heavy atom. The second kappa shape index (κ2) is 10.4. The third-order valence-electron chi connectivity index (χ3n) is 5.52. The number of benzene rings is 3. The van der Waals surface area contributed by atoms with Crippen LogP contribution >= 0.6 is 11.6 Å².